The molecule has 0 amide bonds. The topological polar surface area (TPSA) is 55.8 Å². The molecule has 0 saturated carbocycles. The first kappa shape index (κ1) is 17.9. The molecule has 1 atom stereocenters. The van der Waals surface area contributed by atoms with E-state index in [2.05, 4.69) is 6.92 Å². The average Bonchev–Trinajstić information content (AvgIpc) is 2.58. The Kier molecular flexibility index (Phi) is 6.24. The van der Waals surface area contributed by atoms with Crippen molar-refractivity contribution in [1.29, 1.82) is 0 Å². The van der Waals surface area contributed by atoms with E-state index in [1.54, 1.807) is 7.11 Å². The maximum atomic E-state index is 11.8. The fourth-order valence-corrected chi connectivity index (χ4v) is 2.65. The lowest BCUT2D eigenvalue weighted by Gasteiger charge is -2.16. The summed E-state index contributed by atoms with van der Waals surface area (Å²) in [5, 5.41) is 9.65. The molecule has 0 fully saturated rings. The summed E-state index contributed by atoms with van der Waals surface area (Å²) in [7, 11) is 1.60. The van der Waals surface area contributed by atoms with Gasteiger partial charge in [-0.25, -0.2) is 0 Å². The van der Waals surface area contributed by atoms with Gasteiger partial charge in [0.2, 0.25) is 0 Å². The quantitative estimate of drug-likeness (QED) is 0.789. The smallest absolute Gasteiger partial charge is 0.311 e. The second kappa shape index (κ2) is 8.39. The van der Waals surface area contributed by atoms with Crippen molar-refractivity contribution in [3.05, 3.63) is 59.2 Å². The van der Waals surface area contributed by atoms with Crippen LogP contribution in [0.4, 0.5) is 0 Å². The highest BCUT2D eigenvalue weighted by Crippen LogP contribution is 2.28. The van der Waals surface area contributed by atoms with Gasteiger partial charge in [-0.3, -0.25) is 4.79 Å². The van der Waals surface area contributed by atoms with Crippen LogP contribution in [0.25, 0.3) is 0 Å². The van der Waals surface area contributed by atoms with Gasteiger partial charge in [0.05, 0.1) is 19.6 Å². The molecule has 0 aliphatic heterocycles. The van der Waals surface area contributed by atoms with E-state index in [4.69, 9.17) is 9.47 Å². The van der Waals surface area contributed by atoms with Crippen LogP contribution < -0.4 is 9.47 Å². The first-order valence-corrected chi connectivity index (χ1v) is 8.14. The maximum Gasteiger partial charge on any atom is 0.311 e. The van der Waals surface area contributed by atoms with E-state index in [1.165, 1.54) is 0 Å². The number of ether oxygens (including phenoxy) is 2. The van der Waals surface area contributed by atoms with Crippen LogP contribution in [0.15, 0.2) is 42.5 Å². The van der Waals surface area contributed by atoms with Gasteiger partial charge in [0.1, 0.15) is 11.5 Å². The first-order valence-electron chi connectivity index (χ1n) is 8.14. The van der Waals surface area contributed by atoms with E-state index in [1.807, 2.05) is 49.4 Å². The number of hydrogen-bond donors (Lipinski definition) is 1. The Balaban J connectivity index is 2.24. The number of carboxylic acids is 1. The van der Waals surface area contributed by atoms with Crippen molar-refractivity contribution >= 4 is 5.97 Å². The van der Waals surface area contributed by atoms with Crippen LogP contribution in [0, 0.1) is 6.92 Å². The summed E-state index contributed by atoms with van der Waals surface area (Å²) < 4.78 is 10.9. The van der Waals surface area contributed by atoms with Crippen molar-refractivity contribution in [1.82, 2.24) is 0 Å². The predicted octanol–water partition coefficient (Wildman–Crippen LogP) is 4.20. The summed E-state index contributed by atoms with van der Waals surface area (Å²) in [4.78, 5) is 11.8. The Morgan fingerprint density at radius 1 is 1.21 bits per heavy atom. The third kappa shape index (κ3) is 4.51. The van der Waals surface area contributed by atoms with Gasteiger partial charge in [-0.1, -0.05) is 31.2 Å². The monoisotopic (exact) mass is 328 g/mol. The average molecular weight is 328 g/mol. The second-order valence-electron chi connectivity index (χ2n) is 5.82. The molecule has 128 valence electrons. The van der Waals surface area contributed by atoms with Gasteiger partial charge in [-0.05, 0) is 54.7 Å². The molecule has 0 aromatic heterocycles. The van der Waals surface area contributed by atoms with Crippen molar-refractivity contribution in [2.75, 3.05) is 13.7 Å². The molecular weight excluding hydrogens is 304 g/mol. The summed E-state index contributed by atoms with van der Waals surface area (Å²) in [5.74, 6) is 0.109. The molecule has 4 nitrogen and oxygen atoms in total. The summed E-state index contributed by atoms with van der Waals surface area (Å²) >= 11 is 0. The van der Waals surface area contributed by atoms with Crippen molar-refractivity contribution < 1.29 is 19.4 Å². The summed E-state index contributed by atoms with van der Waals surface area (Å²) in [6.45, 7) is 4.66. The molecule has 1 unspecified atom stereocenters. The number of rotatable bonds is 8. The van der Waals surface area contributed by atoms with E-state index in [-0.39, 0.29) is 0 Å². The Morgan fingerprint density at radius 2 is 2.00 bits per heavy atom. The molecule has 0 bridgehead atoms. The number of aliphatic carboxylic acids is 1. The molecule has 0 aliphatic rings. The summed E-state index contributed by atoms with van der Waals surface area (Å²) in [6, 6.07) is 13.1. The molecule has 2 aromatic carbocycles. The van der Waals surface area contributed by atoms with Crippen LogP contribution in [0.1, 0.15) is 36.0 Å². The summed E-state index contributed by atoms with van der Waals surface area (Å²) in [6.07, 6.45) is 1.36. The highest BCUT2D eigenvalue weighted by atomic mass is 16.5. The highest BCUT2D eigenvalue weighted by molar-refractivity contribution is 5.76. The molecule has 2 rings (SSSR count). The normalized spacial score (nSPS) is 11.8. The van der Waals surface area contributed by atoms with E-state index < -0.39 is 11.9 Å². The number of benzene rings is 2. The number of carbonyl (C=O) groups is 1. The minimum absolute atomic E-state index is 0.418. The molecule has 2 aromatic rings. The van der Waals surface area contributed by atoms with Crippen molar-refractivity contribution in [2.45, 2.75) is 32.6 Å². The highest BCUT2D eigenvalue weighted by Gasteiger charge is 2.21. The number of methoxy groups -OCH3 is 1. The second-order valence-corrected chi connectivity index (χ2v) is 5.82. The largest absolute Gasteiger partial charge is 0.497 e. The van der Waals surface area contributed by atoms with Crippen LogP contribution in [0.2, 0.25) is 0 Å². The minimum atomic E-state index is -0.834. The minimum Gasteiger partial charge on any atom is -0.497 e. The van der Waals surface area contributed by atoms with E-state index >= 15 is 0 Å². The lowest BCUT2D eigenvalue weighted by molar-refractivity contribution is -0.138. The van der Waals surface area contributed by atoms with Crippen LogP contribution in [0.3, 0.4) is 0 Å². The molecule has 1 N–H and O–H groups in total. The van der Waals surface area contributed by atoms with Gasteiger partial charge in [-0.2, -0.15) is 0 Å². The molecule has 0 aliphatic carbocycles. The van der Waals surface area contributed by atoms with Gasteiger partial charge >= 0.3 is 5.97 Å². The zero-order chi connectivity index (χ0) is 17.5. The third-order valence-corrected chi connectivity index (χ3v) is 3.94. The van der Waals surface area contributed by atoms with Crippen molar-refractivity contribution in [3.8, 4) is 11.5 Å². The molecule has 24 heavy (non-hydrogen) atoms. The predicted molar refractivity (Wildman–Crippen MR) is 94.0 cm³/mol. The zero-order valence-electron chi connectivity index (χ0n) is 14.4. The molecule has 0 saturated heterocycles. The van der Waals surface area contributed by atoms with E-state index in [9.17, 15) is 9.90 Å². The van der Waals surface area contributed by atoms with Crippen LogP contribution in [-0.2, 0) is 11.2 Å². The number of aryl methyl sites for hydroxylation is 1. The van der Waals surface area contributed by atoms with Crippen molar-refractivity contribution in [2.24, 2.45) is 0 Å². The van der Waals surface area contributed by atoms with E-state index in [0.29, 0.717) is 13.0 Å². The Morgan fingerprint density at radius 3 is 2.62 bits per heavy atom. The molecule has 4 heteroatoms. The SMILES string of the molecule is CCCOc1ccc(C(Cc2cccc(OC)c2)C(=O)O)cc1C. The van der Waals surface area contributed by atoms with Gasteiger partial charge in [-0.15, -0.1) is 0 Å². The molecule has 0 radical (unpaired) electrons. The first-order chi connectivity index (χ1) is 11.5. The fourth-order valence-electron chi connectivity index (χ4n) is 2.65. The Hall–Kier alpha value is -2.49. The molecule has 0 heterocycles. The van der Waals surface area contributed by atoms with E-state index in [0.717, 1.165) is 34.6 Å². The van der Waals surface area contributed by atoms with Crippen LogP contribution in [0.5, 0.6) is 11.5 Å². The van der Waals surface area contributed by atoms with Crippen LogP contribution >= 0.6 is 0 Å². The van der Waals surface area contributed by atoms with Gasteiger partial charge < -0.3 is 14.6 Å². The lowest BCUT2D eigenvalue weighted by Crippen LogP contribution is -2.15. The number of hydrogen-bond acceptors (Lipinski definition) is 3. The number of carboxylic acid groups (broad SMARTS) is 1. The lowest BCUT2D eigenvalue weighted by atomic mass is 9.91. The van der Waals surface area contributed by atoms with Crippen molar-refractivity contribution in [3.63, 3.8) is 0 Å². The Bertz CT molecular complexity index is 694. The third-order valence-electron chi connectivity index (χ3n) is 3.94. The van der Waals surface area contributed by atoms with Gasteiger partial charge in [0.25, 0.3) is 0 Å². The zero-order valence-corrected chi connectivity index (χ0v) is 14.4. The van der Waals surface area contributed by atoms with Gasteiger partial charge in [0, 0.05) is 0 Å². The maximum absolute atomic E-state index is 11.8. The molecule has 0 spiro atoms. The summed E-state index contributed by atoms with van der Waals surface area (Å²) in [5.41, 5.74) is 2.68. The fraction of sp³-hybridized carbons (Fsp3) is 0.350. The van der Waals surface area contributed by atoms with Crippen LogP contribution in [-0.4, -0.2) is 24.8 Å². The van der Waals surface area contributed by atoms with Gasteiger partial charge in [0.15, 0.2) is 0 Å². The standard InChI is InChI=1S/C20H24O4/c1-4-10-24-19-9-8-16(11-14(19)2)18(20(21)22)13-15-6-5-7-17(12-15)23-3/h5-9,11-12,18H,4,10,13H2,1-3H3,(H,21,22). The Labute approximate surface area is 143 Å². The molecular formula is C20H24O4.